The second-order valence-electron chi connectivity index (χ2n) is 5.66. The van der Waals surface area contributed by atoms with E-state index in [-0.39, 0.29) is 11.8 Å². The first-order chi connectivity index (χ1) is 12.1. The van der Waals surface area contributed by atoms with Crippen molar-refractivity contribution >= 4 is 11.8 Å². The molecule has 0 radical (unpaired) electrons. The van der Waals surface area contributed by atoms with Crippen molar-refractivity contribution in [2.45, 2.75) is 0 Å². The molecule has 0 bridgehead atoms. The smallest absolute Gasteiger partial charge is 0.289 e. The Morgan fingerprint density at radius 1 is 0.920 bits per heavy atom. The summed E-state index contributed by atoms with van der Waals surface area (Å²) in [6.07, 6.45) is 1.48. The summed E-state index contributed by atoms with van der Waals surface area (Å²) >= 11 is 0. The molecular weight excluding hydrogens is 324 g/mol. The van der Waals surface area contributed by atoms with Gasteiger partial charge in [0.2, 0.25) is 0 Å². The molecule has 2 aromatic rings. The van der Waals surface area contributed by atoms with Gasteiger partial charge in [-0.15, -0.1) is 0 Å². The Hall–Kier alpha value is -2.96. The molecule has 7 heteroatoms. The fraction of sp³-hybridized carbons (Fsp3) is 0.333. The minimum atomic E-state index is -0.153. The molecule has 1 aromatic heterocycles. The van der Waals surface area contributed by atoms with Gasteiger partial charge in [0.15, 0.2) is 5.76 Å². The summed E-state index contributed by atoms with van der Waals surface area (Å²) in [5, 5.41) is 0. The molecule has 1 aromatic carbocycles. The van der Waals surface area contributed by atoms with Crippen LogP contribution in [-0.2, 0) is 0 Å². The Kier molecular flexibility index (Phi) is 4.92. The third-order valence-electron chi connectivity index (χ3n) is 4.18. The van der Waals surface area contributed by atoms with Crippen LogP contribution in [0.1, 0.15) is 20.9 Å². The molecule has 3 rings (SSSR count). The molecule has 25 heavy (non-hydrogen) atoms. The molecule has 7 nitrogen and oxygen atoms in total. The van der Waals surface area contributed by atoms with Crippen molar-refractivity contribution in [2.75, 3.05) is 40.4 Å². The van der Waals surface area contributed by atoms with E-state index < -0.39 is 0 Å². The van der Waals surface area contributed by atoms with Crippen molar-refractivity contribution in [1.82, 2.24) is 9.80 Å². The quantitative estimate of drug-likeness (QED) is 0.847. The fourth-order valence-corrected chi connectivity index (χ4v) is 2.78. The van der Waals surface area contributed by atoms with Gasteiger partial charge in [0.25, 0.3) is 11.8 Å². The zero-order valence-electron chi connectivity index (χ0n) is 14.2. The summed E-state index contributed by atoms with van der Waals surface area (Å²) in [6, 6.07) is 8.42. The highest BCUT2D eigenvalue weighted by atomic mass is 16.5. The van der Waals surface area contributed by atoms with Crippen molar-refractivity contribution in [3.8, 4) is 11.5 Å². The maximum absolute atomic E-state index is 12.7. The summed E-state index contributed by atoms with van der Waals surface area (Å²) in [7, 11) is 3.09. The van der Waals surface area contributed by atoms with Crippen LogP contribution in [0, 0.1) is 0 Å². The average molecular weight is 344 g/mol. The van der Waals surface area contributed by atoms with Crippen molar-refractivity contribution < 1.29 is 23.5 Å². The highest BCUT2D eigenvalue weighted by Gasteiger charge is 2.27. The van der Waals surface area contributed by atoms with Gasteiger partial charge in [-0.2, -0.15) is 0 Å². The van der Waals surface area contributed by atoms with Gasteiger partial charge < -0.3 is 23.7 Å². The van der Waals surface area contributed by atoms with Crippen LogP contribution in [0.3, 0.4) is 0 Å². The van der Waals surface area contributed by atoms with Crippen LogP contribution in [0.25, 0.3) is 0 Å². The standard InChI is InChI=1S/C18H20N2O5/c1-23-14-10-13(11-15(12-14)24-2)17(21)19-5-7-20(8-6-19)18(22)16-4-3-9-25-16/h3-4,9-12H,5-8H2,1-2H3. The second-order valence-corrected chi connectivity index (χ2v) is 5.66. The molecule has 2 amide bonds. The summed E-state index contributed by atoms with van der Waals surface area (Å²) in [5.41, 5.74) is 0.502. The maximum atomic E-state index is 12.7. The van der Waals surface area contributed by atoms with E-state index in [1.54, 1.807) is 54.4 Å². The normalized spacial score (nSPS) is 14.3. The lowest BCUT2D eigenvalue weighted by Crippen LogP contribution is -2.50. The molecular formula is C18H20N2O5. The minimum Gasteiger partial charge on any atom is -0.497 e. The number of ether oxygens (including phenoxy) is 2. The Morgan fingerprint density at radius 3 is 1.96 bits per heavy atom. The van der Waals surface area contributed by atoms with Crippen molar-refractivity contribution in [3.05, 3.63) is 47.9 Å². The van der Waals surface area contributed by atoms with E-state index in [1.807, 2.05) is 0 Å². The van der Waals surface area contributed by atoms with Crippen LogP contribution in [0.15, 0.2) is 41.0 Å². The number of amides is 2. The highest BCUT2D eigenvalue weighted by molar-refractivity contribution is 5.95. The van der Waals surface area contributed by atoms with Crippen LogP contribution in [0.4, 0.5) is 0 Å². The van der Waals surface area contributed by atoms with Gasteiger partial charge >= 0.3 is 0 Å². The van der Waals surface area contributed by atoms with E-state index in [1.165, 1.54) is 6.26 Å². The van der Waals surface area contributed by atoms with Gasteiger partial charge in [0.05, 0.1) is 20.5 Å². The van der Waals surface area contributed by atoms with Gasteiger partial charge in [-0.25, -0.2) is 0 Å². The first kappa shape index (κ1) is 16.9. The van der Waals surface area contributed by atoms with Crippen molar-refractivity contribution in [2.24, 2.45) is 0 Å². The lowest BCUT2D eigenvalue weighted by molar-refractivity contribution is 0.0518. The van der Waals surface area contributed by atoms with Gasteiger partial charge in [-0.05, 0) is 24.3 Å². The zero-order valence-corrected chi connectivity index (χ0v) is 14.2. The summed E-state index contributed by atoms with van der Waals surface area (Å²) in [4.78, 5) is 28.4. The van der Waals surface area contributed by atoms with E-state index in [0.717, 1.165) is 0 Å². The van der Waals surface area contributed by atoms with E-state index in [2.05, 4.69) is 0 Å². The molecule has 0 saturated carbocycles. The van der Waals surface area contributed by atoms with Crippen LogP contribution < -0.4 is 9.47 Å². The number of hydrogen-bond donors (Lipinski definition) is 0. The SMILES string of the molecule is COc1cc(OC)cc(C(=O)N2CCN(C(=O)c3ccco3)CC2)c1. The molecule has 0 atom stereocenters. The number of furan rings is 1. The first-order valence-corrected chi connectivity index (χ1v) is 7.97. The topological polar surface area (TPSA) is 72.2 Å². The van der Waals surface area contributed by atoms with Gasteiger partial charge in [0, 0.05) is 37.8 Å². The van der Waals surface area contributed by atoms with Crippen LogP contribution in [0.5, 0.6) is 11.5 Å². The molecule has 2 heterocycles. The van der Waals surface area contributed by atoms with Gasteiger partial charge in [-0.3, -0.25) is 9.59 Å². The lowest BCUT2D eigenvalue weighted by atomic mass is 10.1. The molecule has 1 saturated heterocycles. The predicted molar refractivity (Wildman–Crippen MR) is 90.1 cm³/mol. The number of benzene rings is 1. The lowest BCUT2D eigenvalue weighted by Gasteiger charge is -2.34. The zero-order chi connectivity index (χ0) is 17.8. The van der Waals surface area contributed by atoms with Gasteiger partial charge in [0.1, 0.15) is 11.5 Å². The minimum absolute atomic E-state index is 0.109. The molecule has 132 valence electrons. The summed E-state index contributed by atoms with van der Waals surface area (Å²) in [5.74, 6) is 1.18. The Labute approximate surface area is 145 Å². The second kappa shape index (κ2) is 7.29. The fourth-order valence-electron chi connectivity index (χ4n) is 2.78. The Balaban J connectivity index is 1.66. The van der Waals surface area contributed by atoms with E-state index in [0.29, 0.717) is 49.0 Å². The monoisotopic (exact) mass is 344 g/mol. The molecule has 1 aliphatic rings. The van der Waals surface area contributed by atoms with Crippen LogP contribution >= 0.6 is 0 Å². The van der Waals surface area contributed by atoms with E-state index in [4.69, 9.17) is 13.9 Å². The highest BCUT2D eigenvalue weighted by Crippen LogP contribution is 2.24. The number of nitrogens with zero attached hydrogens (tertiary/aromatic N) is 2. The van der Waals surface area contributed by atoms with E-state index >= 15 is 0 Å². The summed E-state index contributed by atoms with van der Waals surface area (Å²) < 4.78 is 15.6. The molecule has 1 fully saturated rings. The third kappa shape index (κ3) is 3.60. The average Bonchev–Trinajstić information content (AvgIpc) is 3.21. The number of methoxy groups -OCH3 is 2. The van der Waals surface area contributed by atoms with Crippen molar-refractivity contribution in [1.29, 1.82) is 0 Å². The molecule has 0 spiro atoms. The number of piperazine rings is 1. The molecule has 1 aliphatic heterocycles. The largest absolute Gasteiger partial charge is 0.497 e. The molecule has 0 aliphatic carbocycles. The van der Waals surface area contributed by atoms with Crippen LogP contribution in [-0.4, -0.2) is 62.0 Å². The number of rotatable bonds is 4. The first-order valence-electron chi connectivity index (χ1n) is 7.97. The Morgan fingerprint density at radius 2 is 1.48 bits per heavy atom. The number of carbonyl (C=O) groups excluding carboxylic acids is 2. The van der Waals surface area contributed by atoms with Crippen molar-refractivity contribution in [3.63, 3.8) is 0 Å². The predicted octanol–water partition coefficient (Wildman–Crippen LogP) is 1.89. The van der Waals surface area contributed by atoms with Gasteiger partial charge in [-0.1, -0.05) is 0 Å². The Bertz CT molecular complexity index is 727. The number of hydrogen-bond acceptors (Lipinski definition) is 5. The maximum Gasteiger partial charge on any atom is 0.289 e. The molecule has 0 N–H and O–H groups in total. The van der Waals surface area contributed by atoms with E-state index in [9.17, 15) is 9.59 Å². The number of carbonyl (C=O) groups is 2. The van der Waals surface area contributed by atoms with Crippen LogP contribution in [0.2, 0.25) is 0 Å². The third-order valence-corrected chi connectivity index (χ3v) is 4.18. The molecule has 0 unspecified atom stereocenters. The summed E-state index contributed by atoms with van der Waals surface area (Å²) in [6.45, 7) is 1.86.